The van der Waals surface area contributed by atoms with Gasteiger partial charge in [0.05, 0.1) is 5.75 Å². The van der Waals surface area contributed by atoms with E-state index in [1.807, 2.05) is 30.5 Å². The average Bonchev–Trinajstić information content (AvgIpc) is 3.03. The van der Waals surface area contributed by atoms with Gasteiger partial charge < -0.3 is 9.88 Å². The van der Waals surface area contributed by atoms with Crippen LogP contribution in [0.2, 0.25) is 5.02 Å². The van der Waals surface area contributed by atoms with Crippen molar-refractivity contribution in [3.05, 3.63) is 29.3 Å². The van der Waals surface area contributed by atoms with Gasteiger partial charge in [0.1, 0.15) is 0 Å². The molecule has 0 fully saturated rings. The molecule has 1 aromatic carbocycles. The number of imide groups is 1. The molecule has 2 N–H and O–H groups in total. The van der Waals surface area contributed by atoms with Gasteiger partial charge in [0, 0.05) is 23.7 Å². The largest absolute Gasteiger partial charge is 0.338 e. The van der Waals surface area contributed by atoms with Crippen LogP contribution in [0.15, 0.2) is 29.4 Å². The molecule has 0 radical (unpaired) electrons. The van der Waals surface area contributed by atoms with Crippen molar-refractivity contribution >= 4 is 35.3 Å². The van der Waals surface area contributed by atoms with Crippen LogP contribution < -0.4 is 10.6 Å². The number of amides is 3. The lowest BCUT2D eigenvalue weighted by Crippen LogP contribution is -2.40. The van der Waals surface area contributed by atoms with E-state index < -0.39 is 6.03 Å². The van der Waals surface area contributed by atoms with Crippen LogP contribution in [0.4, 0.5) is 4.79 Å². The van der Waals surface area contributed by atoms with Crippen LogP contribution >= 0.6 is 23.4 Å². The van der Waals surface area contributed by atoms with E-state index in [-0.39, 0.29) is 11.7 Å². The second kappa shape index (κ2) is 10.2. The van der Waals surface area contributed by atoms with Gasteiger partial charge in [0.2, 0.25) is 5.91 Å². The molecule has 140 valence electrons. The summed E-state index contributed by atoms with van der Waals surface area (Å²) in [4.78, 5) is 23.5. The molecular formula is C17H22ClN5O2S. The molecule has 7 nitrogen and oxygen atoms in total. The first-order chi connectivity index (χ1) is 12.5. The van der Waals surface area contributed by atoms with Crippen LogP contribution in [0.1, 0.15) is 26.7 Å². The molecular weight excluding hydrogens is 374 g/mol. The van der Waals surface area contributed by atoms with Crippen LogP contribution in [0.3, 0.4) is 0 Å². The quantitative estimate of drug-likeness (QED) is 0.528. The molecule has 1 heterocycles. The van der Waals surface area contributed by atoms with E-state index in [0.29, 0.717) is 29.1 Å². The number of halogens is 1. The molecule has 26 heavy (non-hydrogen) atoms. The third kappa shape index (κ3) is 5.74. The molecule has 2 aromatic rings. The van der Waals surface area contributed by atoms with E-state index in [9.17, 15) is 9.59 Å². The topological polar surface area (TPSA) is 88.9 Å². The van der Waals surface area contributed by atoms with Crippen molar-refractivity contribution in [2.75, 3.05) is 12.3 Å². The molecule has 0 atom stereocenters. The smallest absolute Gasteiger partial charge is 0.321 e. The van der Waals surface area contributed by atoms with Crippen LogP contribution in [0, 0.1) is 0 Å². The first-order valence-corrected chi connectivity index (χ1v) is 9.81. The van der Waals surface area contributed by atoms with Gasteiger partial charge in [-0.25, -0.2) is 4.79 Å². The molecule has 0 aliphatic heterocycles. The summed E-state index contributed by atoms with van der Waals surface area (Å²) in [6.07, 6.45) is 1.86. The number of benzene rings is 1. The zero-order chi connectivity index (χ0) is 18.9. The van der Waals surface area contributed by atoms with E-state index in [2.05, 4.69) is 20.8 Å². The van der Waals surface area contributed by atoms with Gasteiger partial charge in [0.15, 0.2) is 11.0 Å². The summed E-state index contributed by atoms with van der Waals surface area (Å²) in [7, 11) is 0. The minimum Gasteiger partial charge on any atom is -0.338 e. The second-order valence-corrected chi connectivity index (χ2v) is 6.88. The van der Waals surface area contributed by atoms with Gasteiger partial charge in [-0.15, -0.1) is 10.2 Å². The number of carbonyl (C=O) groups is 2. The summed E-state index contributed by atoms with van der Waals surface area (Å²) >= 11 is 7.16. The normalized spacial score (nSPS) is 10.6. The fraction of sp³-hybridized carbons (Fsp3) is 0.412. The first-order valence-electron chi connectivity index (χ1n) is 8.44. The molecule has 0 unspecified atom stereocenters. The van der Waals surface area contributed by atoms with Crippen molar-refractivity contribution in [3.8, 4) is 11.4 Å². The van der Waals surface area contributed by atoms with Crippen LogP contribution in [0.25, 0.3) is 11.4 Å². The third-order valence-electron chi connectivity index (χ3n) is 3.54. The highest BCUT2D eigenvalue weighted by atomic mass is 35.5. The molecule has 9 heteroatoms. The average molecular weight is 396 g/mol. The number of nitrogens with zero attached hydrogens (tertiary/aromatic N) is 3. The number of urea groups is 1. The highest BCUT2D eigenvalue weighted by molar-refractivity contribution is 7.99. The SMILES string of the molecule is CCCCNC(=O)NC(=O)CSc1nnc(-c2ccc(Cl)cc2)n1CC. The lowest BCUT2D eigenvalue weighted by molar-refractivity contribution is -0.117. The lowest BCUT2D eigenvalue weighted by Gasteiger charge is -2.08. The number of unbranched alkanes of at least 4 members (excludes halogenated alkanes) is 1. The number of hydrogen-bond acceptors (Lipinski definition) is 5. The summed E-state index contributed by atoms with van der Waals surface area (Å²) in [6.45, 7) is 5.22. The molecule has 0 aliphatic carbocycles. The molecule has 1 aromatic heterocycles. The summed E-state index contributed by atoms with van der Waals surface area (Å²) in [5.74, 6) is 0.423. The maximum absolute atomic E-state index is 11.9. The summed E-state index contributed by atoms with van der Waals surface area (Å²) in [5.41, 5.74) is 0.898. The number of rotatable bonds is 8. The minimum absolute atomic E-state index is 0.0833. The highest BCUT2D eigenvalue weighted by Gasteiger charge is 2.15. The maximum Gasteiger partial charge on any atom is 0.321 e. The number of aromatic nitrogens is 3. The second-order valence-electron chi connectivity index (χ2n) is 5.50. The van der Waals surface area contributed by atoms with Crippen molar-refractivity contribution < 1.29 is 9.59 Å². The van der Waals surface area contributed by atoms with Crippen molar-refractivity contribution in [1.82, 2.24) is 25.4 Å². The van der Waals surface area contributed by atoms with Gasteiger partial charge >= 0.3 is 6.03 Å². The Labute approximate surface area is 161 Å². The van der Waals surface area contributed by atoms with Crippen LogP contribution in [0.5, 0.6) is 0 Å². The highest BCUT2D eigenvalue weighted by Crippen LogP contribution is 2.24. The van der Waals surface area contributed by atoms with Crippen molar-refractivity contribution in [2.24, 2.45) is 0 Å². The number of hydrogen-bond donors (Lipinski definition) is 2. The van der Waals surface area contributed by atoms with Crippen molar-refractivity contribution in [1.29, 1.82) is 0 Å². The maximum atomic E-state index is 11.9. The molecule has 2 rings (SSSR count). The monoisotopic (exact) mass is 395 g/mol. The number of thioether (sulfide) groups is 1. The van der Waals surface area contributed by atoms with Gasteiger partial charge in [-0.3, -0.25) is 10.1 Å². The van der Waals surface area contributed by atoms with Gasteiger partial charge in [-0.2, -0.15) is 0 Å². The number of nitrogens with one attached hydrogen (secondary N) is 2. The fourth-order valence-electron chi connectivity index (χ4n) is 2.21. The van der Waals surface area contributed by atoms with E-state index in [4.69, 9.17) is 11.6 Å². The Morgan fingerprint density at radius 2 is 1.92 bits per heavy atom. The third-order valence-corrected chi connectivity index (χ3v) is 4.76. The standard InChI is InChI=1S/C17H22ClN5O2S/c1-3-5-10-19-16(25)20-14(24)11-26-17-22-21-15(23(17)4-2)12-6-8-13(18)9-7-12/h6-9H,3-5,10-11H2,1-2H3,(H2,19,20,24,25). The summed E-state index contributed by atoms with van der Waals surface area (Å²) < 4.78 is 1.92. The van der Waals surface area contributed by atoms with Crippen LogP contribution in [-0.2, 0) is 11.3 Å². The Hall–Kier alpha value is -2.06. The predicted molar refractivity (Wildman–Crippen MR) is 103 cm³/mol. The zero-order valence-corrected chi connectivity index (χ0v) is 16.4. The Balaban J connectivity index is 1.94. The summed E-state index contributed by atoms with van der Waals surface area (Å²) in [5, 5.41) is 14.6. The molecule has 3 amide bonds. The fourth-order valence-corrected chi connectivity index (χ4v) is 3.14. The number of carbonyl (C=O) groups excluding carboxylic acids is 2. The Morgan fingerprint density at radius 3 is 2.58 bits per heavy atom. The molecule has 0 saturated heterocycles. The van der Waals surface area contributed by atoms with E-state index in [1.54, 1.807) is 12.1 Å². The molecule has 0 saturated carbocycles. The van der Waals surface area contributed by atoms with Gasteiger partial charge in [-0.05, 0) is 37.6 Å². The Morgan fingerprint density at radius 1 is 1.19 bits per heavy atom. The van der Waals surface area contributed by atoms with E-state index in [1.165, 1.54) is 11.8 Å². The minimum atomic E-state index is -0.470. The van der Waals surface area contributed by atoms with Crippen LogP contribution in [-0.4, -0.2) is 39.0 Å². The Bertz CT molecular complexity index is 748. The summed E-state index contributed by atoms with van der Waals surface area (Å²) in [6, 6.07) is 6.87. The predicted octanol–water partition coefficient (Wildman–Crippen LogP) is 3.34. The molecule has 0 aliphatic rings. The van der Waals surface area contributed by atoms with Gasteiger partial charge in [-0.1, -0.05) is 36.7 Å². The van der Waals surface area contributed by atoms with E-state index >= 15 is 0 Å². The Kier molecular flexibility index (Phi) is 7.93. The van der Waals surface area contributed by atoms with Crippen molar-refractivity contribution in [2.45, 2.75) is 38.4 Å². The lowest BCUT2D eigenvalue weighted by atomic mass is 10.2. The van der Waals surface area contributed by atoms with Crippen molar-refractivity contribution in [3.63, 3.8) is 0 Å². The zero-order valence-electron chi connectivity index (χ0n) is 14.8. The van der Waals surface area contributed by atoms with E-state index in [0.717, 1.165) is 18.4 Å². The molecule has 0 bridgehead atoms. The first kappa shape index (κ1) is 20.3. The molecule has 0 spiro atoms. The van der Waals surface area contributed by atoms with Gasteiger partial charge in [0.25, 0.3) is 0 Å².